The van der Waals surface area contributed by atoms with Crippen LogP contribution in [0.2, 0.25) is 0 Å². The monoisotopic (exact) mass is 211 g/mol. The van der Waals surface area contributed by atoms with E-state index in [9.17, 15) is 0 Å². The van der Waals surface area contributed by atoms with Gasteiger partial charge in [-0.2, -0.15) is 11.8 Å². The highest BCUT2D eigenvalue weighted by Crippen LogP contribution is 2.39. The summed E-state index contributed by atoms with van der Waals surface area (Å²) in [5, 5.41) is 3.94. The van der Waals surface area contributed by atoms with Crippen molar-refractivity contribution in [2.45, 2.75) is 50.6 Å². The minimum Gasteiger partial charge on any atom is -0.311 e. The third-order valence-corrected chi connectivity index (χ3v) is 5.61. The van der Waals surface area contributed by atoms with Crippen LogP contribution in [0.4, 0.5) is 0 Å². The SMILES string of the molecule is C1CCC2NC3CCSCC3CC2C1. The molecule has 0 radical (unpaired) electrons. The van der Waals surface area contributed by atoms with Gasteiger partial charge in [0.15, 0.2) is 0 Å². The Morgan fingerprint density at radius 3 is 2.79 bits per heavy atom. The van der Waals surface area contributed by atoms with Crippen molar-refractivity contribution in [2.24, 2.45) is 11.8 Å². The van der Waals surface area contributed by atoms with Crippen LogP contribution in [0.25, 0.3) is 0 Å². The van der Waals surface area contributed by atoms with Gasteiger partial charge in [0.25, 0.3) is 0 Å². The van der Waals surface area contributed by atoms with Crippen LogP contribution in [0.1, 0.15) is 38.5 Å². The molecule has 4 unspecified atom stereocenters. The number of hydrogen-bond acceptors (Lipinski definition) is 2. The van der Waals surface area contributed by atoms with Gasteiger partial charge in [0.05, 0.1) is 0 Å². The molecule has 4 atom stereocenters. The van der Waals surface area contributed by atoms with E-state index in [2.05, 4.69) is 17.1 Å². The van der Waals surface area contributed by atoms with E-state index in [1.54, 1.807) is 0 Å². The van der Waals surface area contributed by atoms with Crippen LogP contribution in [0.5, 0.6) is 0 Å². The van der Waals surface area contributed by atoms with E-state index in [1.165, 1.54) is 50.0 Å². The first-order valence-electron chi connectivity index (χ1n) is 6.27. The molecule has 0 amide bonds. The Balaban J connectivity index is 1.68. The predicted molar refractivity (Wildman–Crippen MR) is 62.7 cm³/mol. The molecule has 0 spiro atoms. The van der Waals surface area contributed by atoms with Crippen LogP contribution in [0.15, 0.2) is 0 Å². The first-order chi connectivity index (χ1) is 6.93. The molecule has 2 heteroatoms. The molecule has 2 saturated heterocycles. The number of hydrogen-bond donors (Lipinski definition) is 1. The molecule has 1 N–H and O–H groups in total. The zero-order valence-corrected chi connectivity index (χ0v) is 9.69. The van der Waals surface area contributed by atoms with E-state index < -0.39 is 0 Å². The van der Waals surface area contributed by atoms with E-state index in [0.717, 1.165) is 23.9 Å². The van der Waals surface area contributed by atoms with Gasteiger partial charge in [0, 0.05) is 12.1 Å². The average molecular weight is 211 g/mol. The van der Waals surface area contributed by atoms with Crippen molar-refractivity contribution in [3.8, 4) is 0 Å². The third kappa shape index (κ3) is 1.71. The summed E-state index contributed by atoms with van der Waals surface area (Å²) < 4.78 is 0. The van der Waals surface area contributed by atoms with E-state index >= 15 is 0 Å². The van der Waals surface area contributed by atoms with Crippen molar-refractivity contribution < 1.29 is 0 Å². The normalized spacial score (nSPS) is 48.0. The molecule has 3 aliphatic rings. The Hall–Kier alpha value is 0.310. The van der Waals surface area contributed by atoms with Gasteiger partial charge in [0.1, 0.15) is 0 Å². The lowest BCUT2D eigenvalue weighted by Gasteiger charge is -2.46. The highest BCUT2D eigenvalue weighted by molar-refractivity contribution is 7.99. The Bertz CT molecular complexity index is 164. The van der Waals surface area contributed by atoms with Gasteiger partial charge < -0.3 is 5.32 Å². The summed E-state index contributed by atoms with van der Waals surface area (Å²) in [6.07, 6.45) is 8.90. The summed E-state index contributed by atoms with van der Waals surface area (Å²) >= 11 is 2.18. The molecule has 0 aromatic heterocycles. The van der Waals surface area contributed by atoms with E-state index in [4.69, 9.17) is 0 Å². The summed E-state index contributed by atoms with van der Waals surface area (Å²) in [4.78, 5) is 0. The van der Waals surface area contributed by atoms with E-state index in [0.29, 0.717) is 0 Å². The average Bonchev–Trinajstić information content (AvgIpc) is 2.26. The fraction of sp³-hybridized carbons (Fsp3) is 1.00. The molecule has 0 aromatic rings. The van der Waals surface area contributed by atoms with Crippen LogP contribution < -0.4 is 5.32 Å². The van der Waals surface area contributed by atoms with Crippen molar-refractivity contribution in [1.29, 1.82) is 0 Å². The number of rotatable bonds is 0. The van der Waals surface area contributed by atoms with Crippen molar-refractivity contribution >= 4 is 11.8 Å². The molecule has 0 aromatic carbocycles. The van der Waals surface area contributed by atoms with Crippen molar-refractivity contribution in [1.82, 2.24) is 5.32 Å². The lowest BCUT2D eigenvalue weighted by Crippen LogP contribution is -2.55. The van der Waals surface area contributed by atoms with E-state index in [-0.39, 0.29) is 0 Å². The zero-order valence-electron chi connectivity index (χ0n) is 8.87. The molecule has 14 heavy (non-hydrogen) atoms. The summed E-state index contributed by atoms with van der Waals surface area (Å²) in [6, 6.07) is 1.78. The van der Waals surface area contributed by atoms with Gasteiger partial charge in [-0.15, -0.1) is 0 Å². The molecular formula is C12H21NS. The lowest BCUT2D eigenvalue weighted by molar-refractivity contribution is 0.129. The van der Waals surface area contributed by atoms with Crippen molar-refractivity contribution in [2.75, 3.05) is 11.5 Å². The minimum absolute atomic E-state index is 0.885. The van der Waals surface area contributed by atoms with Gasteiger partial charge in [0.2, 0.25) is 0 Å². The number of thioether (sulfide) groups is 1. The van der Waals surface area contributed by atoms with Gasteiger partial charge in [-0.1, -0.05) is 12.8 Å². The second-order valence-corrected chi connectivity index (χ2v) is 6.43. The van der Waals surface area contributed by atoms with Crippen LogP contribution in [-0.2, 0) is 0 Å². The van der Waals surface area contributed by atoms with Gasteiger partial charge in [-0.05, 0) is 49.0 Å². The number of nitrogens with one attached hydrogen (secondary N) is 1. The smallest absolute Gasteiger partial charge is 0.0114 e. The first-order valence-corrected chi connectivity index (χ1v) is 7.43. The number of piperidine rings is 1. The largest absolute Gasteiger partial charge is 0.311 e. The van der Waals surface area contributed by atoms with Crippen LogP contribution in [0, 0.1) is 11.8 Å². The first kappa shape index (κ1) is 9.53. The molecule has 2 heterocycles. The highest BCUT2D eigenvalue weighted by Gasteiger charge is 2.38. The third-order valence-electron chi connectivity index (χ3n) is 4.42. The highest BCUT2D eigenvalue weighted by atomic mass is 32.2. The second kappa shape index (κ2) is 4.05. The zero-order chi connectivity index (χ0) is 9.38. The Labute approximate surface area is 91.4 Å². The molecule has 3 fully saturated rings. The molecule has 2 aliphatic heterocycles. The van der Waals surface area contributed by atoms with E-state index in [1.807, 2.05) is 0 Å². The maximum absolute atomic E-state index is 3.94. The van der Waals surface area contributed by atoms with Crippen molar-refractivity contribution in [3.63, 3.8) is 0 Å². The molecule has 3 rings (SSSR count). The molecule has 1 nitrogen and oxygen atoms in total. The van der Waals surface area contributed by atoms with Crippen LogP contribution >= 0.6 is 11.8 Å². The molecule has 80 valence electrons. The minimum atomic E-state index is 0.885. The van der Waals surface area contributed by atoms with Gasteiger partial charge in [-0.3, -0.25) is 0 Å². The fourth-order valence-electron chi connectivity index (χ4n) is 3.62. The predicted octanol–water partition coefficient (Wildman–Crippen LogP) is 2.66. The van der Waals surface area contributed by atoms with Crippen molar-refractivity contribution in [3.05, 3.63) is 0 Å². The summed E-state index contributed by atoms with van der Waals surface area (Å²) in [6.45, 7) is 0. The summed E-state index contributed by atoms with van der Waals surface area (Å²) in [5.74, 6) is 4.86. The lowest BCUT2D eigenvalue weighted by atomic mass is 9.73. The van der Waals surface area contributed by atoms with Crippen LogP contribution in [0.3, 0.4) is 0 Å². The maximum Gasteiger partial charge on any atom is 0.0114 e. The molecular weight excluding hydrogens is 190 g/mol. The van der Waals surface area contributed by atoms with Gasteiger partial charge >= 0.3 is 0 Å². The maximum atomic E-state index is 3.94. The Kier molecular flexibility index (Phi) is 2.76. The molecule has 1 saturated carbocycles. The topological polar surface area (TPSA) is 12.0 Å². The van der Waals surface area contributed by atoms with Gasteiger partial charge in [-0.25, -0.2) is 0 Å². The second-order valence-electron chi connectivity index (χ2n) is 5.28. The Morgan fingerprint density at radius 2 is 1.79 bits per heavy atom. The molecule has 1 aliphatic carbocycles. The summed E-state index contributed by atoms with van der Waals surface area (Å²) in [7, 11) is 0. The number of fused-ring (bicyclic) bond motifs is 2. The Morgan fingerprint density at radius 1 is 0.929 bits per heavy atom. The standard InChI is InChI=1S/C12H21NS/c1-2-4-11-9(3-1)7-10-8-14-6-5-12(10)13-11/h9-13H,1-8H2. The van der Waals surface area contributed by atoms with Crippen LogP contribution in [-0.4, -0.2) is 23.6 Å². The molecule has 0 bridgehead atoms. The quantitative estimate of drug-likeness (QED) is 0.661. The fourth-order valence-corrected chi connectivity index (χ4v) is 4.88. The summed E-state index contributed by atoms with van der Waals surface area (Å²) in [5.41, 5.74) is 0.